The highest BCUT2D eigenvalue weighted by molar-refractivity contribution is 6.04. The van der Waals surface area contributed by atoms with Gasteiger partial charge in [-0.15, -0.1) is 0 Å². The molecule has 1 aliphatic rings. The van der Waals surface area contributed by atoms with E-state index in [0.29, 0.717) is 17.1 Å². The molecule has 1 aromatic rings. The molecule has 1 atom stereocenters. The van der Waals surface area contributed by atoms with Gasteiger partial charge in [-0.2, -0.15) is 0 Å². The van der Waals surface area contributed by atoms with E-state index in [1.165, 1.54) is 9.80 Å². The third kappa shape index (κ3) is 2.47. The standard InChI is InChI=1S/C13H17N3O3/c1-8-13(18)16(7-12(17)15(2)3)10-6-9(14)4-5-11(10)19-8/h4-6,8H,7,14H2,1-3H3. The molecule has 6 nitrogen and oxygen atoms in total. The third-order valence-electron chi connectivity index (χ3n) is 2.98. The Hall–Kier alpha value is -2.24. The molecule has 0 saturated carbocycles. The van der Waals surface area contributed by atoms with E-state index in [2.05, 4.69) is 0 Å². The molecule has 0 fully saturated rings. The number of rotatable bonds is 2. The maximum absolute atomic E-state index is 12.1. The average molecular weight is 263 g/mol. The third-order valence-corrected chi connectivity index (χ3v) is 2.98. The lowest BCUT2D eigenvalue weighted by Gasteiger charge is -2.33. The van der Waals surface area contributed by atoms with Crippen LogP contribution < -0.4 is 15.4 Å². The molecule has 1 heterocycles. The number of likely N-dealkylation sites (N-methyl/N-ethyl adjacent to an activating group) is 1. The number of nitrogens with two attached hydrogens (primary N) is 1. The first-order valence-corrected chi connectivity index (χ1v) is 5.98. The Balaban J connectivity index is 2.38. The Kier molecular flexibility index (Phi) is 3.33. The van der Waals surface area contributed by atoms with Crippen LogP contribution in [0.4, 0.5) is 11.4 Å². The van der Waals surface area contributed by atoms with E-state index >= 15 is 0 Å². The summed E-state index contributed by atoms with van der Waals surface area (Å²) in [4.78, 5) is 26.8. The van der Waals surface area contributed by atoms with Gasteiger partial charge in [-0.25, -0.2) is 0 Å². The second-order valence-corrected chi connectivity index (χ2v) is 4.70. The van der Waals surface area contributed by atoms with Gasteiger partial charge in [-0.05, 0) is 25.1 Å². The normalized spacial score (nSPS) is 17.7. The number of ether oxygens (including phenoxy) is 1. The zero-order valence-electron chi connectivity index (χ0n) is 11.2. The van der Waals surface area contributed by atoms with Gasteiger partial charge in [0.1, 0.15) is 12.3 Å². The Morgan fingerprint density at radius 1 is 1.47 bits per heavy atom. The van der Waals surface area contributed by atoms with Crippen molar-refractivity contribution in [3.05, 3.63) is 18.2 Å². The van der Waals surface area contributed by atoms with Crippen LogP contribution in [0.2, 0.25) is 0 Å². The largest absolute Gasteiger partial charge is 0.479 e. The predicted octanol–water partition coefficient (Wildman–Crippen LogP) is 0.471. The topological polar surface area (TPSA) is 75.9 Å². The molecular formula is C13H17N3O3. The molecule has 19 heavy (non-hydrogen) atoms. The highest BCUT2D eigenvalue weighted by Crippen LogP contribution is 2.35. The molecule has 1 unspecified atom stereocenters. The molecule has 2 amide bonds. The van der Waals surface area contributed by atoms with Crippen LogP contribution in [0.3, 0.4) is 0 Å². The second kappa shape index (κ2) is 4.79. The Morgan fingerprint density at radius 2 is 2.16 bits per heavy atom. The van der Waals surface area contributed by atoms with Crippen molar-refractivity contribution in [2.45, 2.75) is 13.0 Å². The summed E-state index contributed by atoms with van der Waals surface area (Å²) in [5.41, 5.74) is 6.79. The van der Waals surface area contributed by atoms with Crippen molar-refractivity contribution in [2.75, 3.05) is 31.3 Å². The smallest absolute Gasteiger partial charge is 0.268 e. The maximum atomic E-state index is 12.1. The van der Waals surface area contributed by atoms with Crippen molar-refractivity contribution in [1.29, 1.82) is 0 Å². The summed E-state index contributed by atoms with van der Waals surface area (Å²) in [6, 6.07) is 5.05. The number of nitrogen functional groups attached to an aromatic ring is 1. The van der Waals surface area contributed by atoms with Gasteiger partial charge in [0.25, 0.3) is 5.91 Å². The molecule has 0 aliphatic carbocycles. The summed E-state index contributed by atoms with van der Waals surface area (Å²) in [5, 5.41) is 0. The van der Waals surface area contributed by atoms with E-state index in [9.17, 15) is 9.59 Å². The molecule has 0 spiro atoms. The number of anilines is 2. The van der Waals surface area contributed by atoms with E-state index < -0.39 is 6.10 Å². The monoisotopic (exact) mass is 263 g/mol. The van der Waals surface area contributed by atoms with Crippen LogP contribution in [0.5, 0.6) is 5.75 Å². The van der Waals surface area contributed by atoms with E-state index in [0.717, 1.165) is 0 Å². The molecule has 2 rings (SSSR count). The highest BCUT2D eigenvalue weighted by Gasteiger charge is 2.33. The molecule has 2 N–H and O–H groups in total. The number of amides is 2. The molecule has 1 aliphatic heterocycles. The Morgan fingerprint density at radius 3 is 2.79 bits per heavy atom. The van der Waals surface area contributed by atoms with Crippen LogP contribution in [0, 0.1) is 0 Å². The van der Waals surface area contributed by atoms with Crippen molar-refractivity contribution in [1.82, 2.24) is 4.90 Å². The first kappa shape index (κ1) is 13.2. The van der Waals surface area contributed by atoms with Crippen LogP contribution in [-0.2, 0) is 9.59 Å². The number of hydrogen-bond acceptors (Lipinski definition) is 4. The van der Waals surface area contributed by atoms with Crippen molar-refractivity contribution < 1.29 is 14.3 Å². The van der Waals surface area contributed by atoms with Crippen LogP contribution in [-0.4, -0.2) is 43.5 Å². The van der Waals surface area contributed by atoms with E-state index in [-0.39, 0.29) is 18.4 Å². The lowest BCUT2D eigenvalue weighted by atomic mass is 10.1. The van der Waals surface area contributed by atoms with Gasteiger partial charge in [-0.3, -0.25) is 14.5 Å². The first-order chi connectivity index (χ1) is 8.90. The van der Waals surface area contributed by atoms with Gasteiger partial charge >= 0.3 is 0 Å². The molecule has 0 bridgehead atoms. The van der Waals surface area contributed by atoms with E-state index in [1.54, 1.807) is 39.2 Å². The van der Waals surface area contributed by atoms with Crippen LogP contribution >= 0.6 is 0 Å². The van der Waals surface area contributed by atoms with E-state index in [4.69, 9.17) is 10.5 Å². The van der Waals surface area contributed by atoms with Gasteiger partial charge in [0.05, 0.1) is 5.69 Å². The van der Waals surface area contributed by atoms with Gasteiger partial charge in [0, 0.05) is 19.8 Å². The molecule has 0 radical (unpaired) electrons. The predicted molar refractivity (Wildman–Crippen MR) is 72.0 cm³/mol. The lowest BCUT2D eigenvalue weighted by molar-refractivity contribution is -0.131. The van der Waals surface area contributed by atoms with Crippen molar-refractivity contribution >= 4 is 23.2 Å². The lowest BCUT2D eigenvalue weighted by Crippen LogP contribution is -2.48. The van der Waals surface area contributed by atoms with Crippen molar-refractivity contribution in [3.8, 4) is 5.75 Å². The zero-order valence-corrected chi connectivity index (χ0v) is 11.2. The average Bonchev–Trinajstić information content (AvgIpc) is 2.35. The summed E-state index contributed by atoms with van der Waals surface area (Å²) in [6.45, 7) is 1.64. The number of benzene rings is 1. The fraction of sp³-hybridized carbons (Fsp3) is 0.385. The van der Waals surface area contributed by atoms with Crippen LogP contribution in [0.25, 0.3) is 0 Å². The Labute approximate surface area is 111 Å². The first-order valence-electron chi connectivity index (χ1n) is 5.98. The van der Waals surface area contributed by atoms with Crippen LogP contribution in [0.15, 0.2) is 18.2 Å². The fourth-order valence-corrected chi connectivity index (χ4v) is 1.86. The molecular weight excluding hydrogens is 246 g/mol. The van der Waals surface area contributed by atoms with Crippen molar-refractivity contribution in [2.24, 2.45) is 0 Å². The van der Waals surface area contributed by atoms with Gasteiger partial charge in [0.2, 0.25) is 5.91 Å². The molecule has 6 heteroatoms. The molecule has 1 aromatic carbocycles. The summed E-state index contributed by atoms with van der Waals surface area (Å²) >= 11 is 0. The fourth-order valence-electron chi connectivity index (χ4n) is 1.86. The van der Waals surface area contributed by atoms with E-state index in [1.807, 2.05) is 0 Å². The molecule has 0 aromatic heterocycles. The number of nitrogens with zero attached hydrogens (tertiary/aromatic N) is 2. The molecule has 102 valence electrons. The minimum absolute atomic E-state index is 0.0179. The molecule has 0 saturated heterocycles. The number of carbonyl (C=O) groups excluding carboxylic acids is 2. The second-order valence-electron chi connectivity index (χ2n) is 4.70. The SMILES string of the molecule is CC1Oc2ccc(N)cc2N(CC(=O)N(C)C)C1=O. The Bertz CT molecular complexity index is 528. The summed E-state index contributed by atoms with van der Waals surface area (Å²) in [5.74, 6) is 0.164. The number of hydrogen-bond donors (Lipinski definition) is 1. The summed E-state index contributed by atoms with van der Waals surface area (Å²) in [6.07, 6.45) is -0.605. The number of carbonyl (C=O) groups is 2. The van der Waals surface area contributed by atoms with Gasteiger partial charge in [0.15, 0.2) is 6.10 Å². The summed E-state index contributed by atoms with van der Waals surface area (Å²) in [7, 11) is 3.30. The minimum Gasteiger partial charge on any atom is -0.479 e. The van der Waals surface area contributed by atoms with Crippen molar-refractivity contribution in [3.63, 3.8) is 0 Å². The maximum Gasteiger partial charge on any atom is 0.268 e. The highest BCUT2D eigenvalue weighted by atomic mass is 16.5. The minimum atomic E-state index is -0.605. The quantitative estimate of drug-likeness (QED) is 0.787. The summed E-state index contributed by atoms with van der Waals surface area (Å²) < 4.78 is 5.50. The van der Waals surface area contributed by atoms with Gasteiger partial charge in [-0.1, -0.05) is 0 Å². The van der Waals surface area contributed by atoms with Crippen LogP contribution in [0.1, 0.15) is 6.92 Å². The number of fused-ring (bicyclic) bond motifs is 1. The van der Waals surface area contributed by atoms with Gasteiger partial charge < -0.3 is 15.4 Å². The zero-order chi connectivity index (χ0) is 14.2.